The number of benzene rings is 1. The van der Waals surface area contributed by atoms with Crippen LogP contribution in [0.15, 0.2) is 29.1 Å². The highest BCUT2D eigenvalue weighted by Gasteiger charge is 2.16. The molecular weight excluding hydrogens is 310 g/mol. The molecule has 0 saturated carbocycles. The molecule has 0 N–H and O–H groups in total. The molecule has 1 heterocycles. The number of carbonyl (C=O) groups excluding carboxylic acids is 2. The minimum Gasteiger partial charge on any atom is -0.469 e. The zero-order chi connectivity index (χ0) is 17.7. The second-order valence-electron chi connectivity index (χ2n) is 5.60. The van der Waals surface area contributed by atoms with Crippen molar-refractivity contribution in [2.24, 2.45) is 0 Å². The number of ether oxygens (including phenoxy) is 1. The molecular formula is C17H23N3O4. The SMILES string of the molecule is CCn1c(=O)n(CC(=O)N(C)CCCC(=O)OC)c2ccccc21. The zero-order valence-electron chi connectivity index (χ0n) is 14.3. The van der Waals surface area contributed by atoms with Crippen LogP contribution in [0.3, 0.4) is 0 Å². The van der Waals surface area contributed by atoms with Gasteiger partial charge in [0.15, 0.2) is 0 Å². The summed E-state index contributed by atoms with van der Waals surface area (Å²) in [5, 5.41) is 0. The van der Waals surface area contributed by atoms with Crippen LogP contribution in [-0.4, -0.2) is 46.6 Å². The Balaban J connectivity index is 2.12. The van der Waals surface area contributed by atoms with Crippen LogP contribution in [0, 0.1) is 0 Å². The van der Waals surface area contributed by atoms with E-state index in [0.29, 0.717) is 19.5 Å². The van der Waals surface area contributed by atoms with Crippen LogP contribution in [0.25, 0.3) is 11.0 Å². The summed E-state index contributed by atoms with van der Waals surface area (Å²) in [6.07, 6.45) is 0.795. The number of amides is 1. The summed E-state index contributed by atoms with van der Waals surface area (Å²) < 4.78 is 7.73. The predicted molar refractivity (Wildman–Crippen MR) is 90.8 cm³/mol. The molecule has 0 radical (unpaired) electrons. The first-order valence-corrected chi connectivity index (χ1v) is 7.98. The normalized spacial score (nSPS) is 10.8. The van der Waals surface area contributed by atoms with Crippen molar-refractivity contribution >= 4 is 22.9 Å². The fraction of sp³-hybridized carbons (Fsp3) is 0.471. The van der Waals surface area contributed by atoms with Gasteiger partial charge < -0.3 is 9.64 Å². The minimum absolute atomic E-state index is 0.0128. The minimum atomic E-state index is -0.293. The van der Waals surface area contributed by atoms with Crippen molar-refractivity contribution in [1.82, 2.24) is 14.0 Å². The van der Waals surface area contributed by atoms with Crippen molar-refractivity contribution in [2.45, 2.75) is 32.9 Å². The summed E-state index contributed by atoms with van der Waals surface area (Å²) in [5.41, 5.74) is 1.39. The Hall–Kier alpha value is -2.57. The number of likely N-dealkylation sites (N-methyl/N-ethyl adjacent to an activating group) is 1. The lowest BCUT2D eigenvalue weighted by Crippen LogP contribution is -2.35. The van der Waals surface area contributed by atoms with Gasteiger partial charge in [0.05, 0.1) is 18.1 Å². The van der Waals surface area contributed by atoms with Gasteiger partial charge in [-0.15, -0.1) is 0 Å². The number of aryl methyl sites for hydroxylation is 1. The van der Waals surface area contributed by atoms with Crippen molar-refractivity contribution in [1.29, 1.82) is 0 Å². The van der Waals surface area contributed by atoms with Gasteiger partial charge in [0.1, 0.15) is 6.54 Å². The molecule has 1 aromatic carbocycles. The van der Waals surface area contributed by atoms with E-state index in [4.69, 9.17) is 0 Å². The molecule has 0 aliphatic rings. The van der Waals surface area contributed by atoms with Crippen molar-refractivity contribution in [3.05, 3.63) is 34.7 Å². The van der Waals surface area contributed by atoms with Crippen molar-refractivity contribution in [3.63, 3.8) is 0 Å². The Morgan fingerprint density at radius 2 is 1.79 bits per heavy atom. The number of imidazole rings is 1. The lowest BCUT2D eigenvalue weighted by Gasteiger charge is -2.17. The molecule has 1 amide bonds. The third kappa shape index (κ3) is 3.67. The zero-order valence-corrected chi connectivity index (χ0v) is 14.3. The first kappa shape index (κ1) is 17.8. The molecule has 130 valence electrons. The van der Waals surface area contributed by atoms with Crippen molar-refractivity contribution in [3.8, 4) is 0 Å². The number of methoxy groups -OCH3 is 1. The Morgan fingerprint density at radius 3 is 2.38 bits per heavy atom. The fourth-order valence-electron chi connectivity index (χ4n) is 2.67. The molecule has 7 nitrogen and oxygen atoms in total. The van der Waals surface area contributed by atoms with E-state index in [1.54, 1.807) is 11.6 Å². The second-order valence-corrected chi connectivity index (χ2v) is 5.60. The number of nitrogens with zero attached hydrogens (tertiary/aromatic N) is 3. The van der Waals surface area contributed by atoms with E-state index in [-0.39, 0.29) is 30.5 Å². The number of hydrogen-bond acceptors (Lipinski definition) is 4. The van der Waals surface area contributed by atoms with Gasteiger partial charge in [-0.3, -0.25) is 18.7 Å². The van der Waals surface area contributed by atoms with E-state index in [0.717, 1.165) is 11.0 Å². The third-order valence-corrected chi connectivity index (χ3v) is 4.06. The number of aromatic nitrogens is 2. The van der Waals surface area contributed by atoms with E-state index < -0.39 is 0 Å². The van der Waals surface area contributed by atoms with Gasteiger partial charge in [-0.1, -0.05) is 12.1 Å². The molecule has 0 atom stereocenters. The quantitative estimate of drug-likeness (QED) is 0.715. The summed E-state index contributed by atoms with van der Waals surface area (Å²) >= 11 is 0. The molecule has 0 fully saturated rings. The number of hydrogen-bond donors (Lipinski definition) is 0. The van der Waals surface area contributed by atoms with Gasteiger partial charge in [0.25, 0.3) is 0 Å². The fourth-order valence-corrected chi connectivity index (χ4v) is 2.67. The number of rotatable bonds is 7. The number of esters is 1. The van der Waals surface area contributed by atoms with Crippen LogP contribution in [0.1, 0.15) is 19.8 Å². The summed E-state index contributed by atoms with van der Waals surface area (Å²) in [4.78, 5) is 37.5. The Kier molecular flexibility index (Phi) is 5.78. The molecule has 0 aliphatic carbocycles. The van der Waals surface area contributed by atoms with Gasteiger partial charge in [0, 0.05) is 26.6 Å². The van der Waals surface area contributed by atoms with Gasteiger partial charge >= 0.3 is 11.7 Å². The van der Waals surface area contributed by atoms with Gasteiger partial charge in [-0.2, -0.15) is 0 Å². The van der Waals surface area contributed by atoms with Crippen LogP contribution in [-0.2, 0) is 27.4 Å². The predicted octanol–water partition coefficient (Wildman–Crippen LogP) is 1.23. The molecule has 0 bridgehead atoms. The van der Waals surface area contributed by atoms with Gasteiger partial charge in [0.2, 0.25) is 5.91 Å². The van der Waals surface area contributed by atoms with Gasteiger partial charge in [-0.05, 0) is 25.5 Å². The average molecular weight is 333 g/mol. The molecule has 0 spiro atoms. The first-order chi connectivity index (χ1) is 11.5. The molecule has 0 unspecified atom stereocenters. The third-order valence-electron chi connectivity index (χ3n) is 4.06. The summed E-state index contributed by atoms with van der Waals surface area (Å²) in [5.74, 6) is -0.459. The van der Waals surface area contributed by atoms with Crippen molar-refractivity contribution in [2.75, 3.05) is 20.7 Å². The van der Waals surface area contributed by atoms with Crippen LogP contribution in [0.5, 0.6) is 0 Å². The van der Waals surface area contributed by atoms with Crippen LogP contribution < -0.4 is 5.69 Å². The number of carbonyl (C=O) groups is 2. The highest BCUT2D eigenvalue weighted by Crippen LogP contribution is 2.12. The molecule has 1 aromatic heterocycles. The monoisotopic (exact) mass is 333 g/mol. The Labute approximate surface area is 140 Å². The lowest BCUT2D eigenvalue weighted by atomic mass is 10.3. The highest BCUT2D eigenvalue weighted by atomic mass is 16.5. The molecule has 24 heavy (non-hydrogen) atoms. The molecule has 2 rings (SSSR count). The van der Waals surface area contributed by atoms with Crippen LogP contribution in [0.2, 0.25) is 0 Å². The summed E-state index contributed by atoms with van der Waals surface area (Å²) in [7, 11) is 3.01. The Bertz CT molecular complexity index is 791. The summed E-state index contributed by atoms with van der Waals surface area (Å²) in [6, 6.07) is 7.44. The average Bonchev–Trinajstić information content (AvgIpc) is 2.86. The lowest BCUT2D eigenvalue weighted by molar-refractivity contribution is -0.141. The molecule has 2 aromatic rings. The van der Waals surface area contributed by atoms with E-state index in [2.05, 4.69) is 4.74 Å². The number of para-hydroxylation sites is 2. The van der Waals surface area contributed by atoms with E-state index in [1.165, 1.54) is 16.6 Å². The highest BCUT2D eigenvalue weighted by molar-refractivity contribution is 5.81. The molecule has 0 saturated heterocycles. The van der Waals surface area contributed by atoms with E-state index in [1.807, 2.05) is 31.2 Å². The van der Waals surface area contributed by atoms with Gasteiger partial charge in [-0.25, -0.2) is 4.79 Å². The molecule has 7 heteroatoms. The second kappa shape index (κ2) is 7.81. The Morgan fingerprint density at radius 1 is 1.17 bits per heavy atom. The largest absolute Gasteiger partial charge is 0.469 e. The van der Waals surface area contributed by atoms with E-state index >= 15 is 0 Å². The van der Waals surface area contributed by atoms with Crippen LogP contribution >= 0.6 is 0 Å². The first-order valence-electron chi connectivity index (χ1n) is 7.98. The standard InChI is InChI=1S/C17H23N3O4/c1-4-19-13-8-5-6-9-14(13)20(17(19)23)12-15(21)18(2)11-7-10-16(22)24-3/h5-6,8-9H,4,7,10-12H2,1-3H3. The molecule has 0 aliphatic heterocycles. The maximum atomic E-state index is 12.5. The smallest absolute Gasteiger partial charge is 0.329 e. The van der Waals surface area contributed by atoms with Crippen LogP contribution in [0.4, 0.5) is 0 Å². The maximum Gasteiger partial charge on any atom is 0.329 e. The maximum absolute atomic E-state index is 12.5. The number of fused-ring (bicyclic) bond motifs is 1. The van der Waals surface area contributed by atoms with E-state index in [9.17, 15) is 14.4 Å². The topological polar surface area (TPSA) is 73.5 Å². The van der Waals surface area contributed by atoms with Crippen molar-refractivity contribution < 1.29 is 14.3 Å². The summed E-state index contributed by atoms with van der Waals surface area (Å²) in [6.45, 7) is 2.88.